The molecule has 1 saturated heterocycles. The molecule has 0 aromatic heterocycles. The molecule has 2 heterocycles. The topological polar surface area (TPSA) is 50.8 Å². The fraction of sp³-hybridized carbons (Fsp3) is 0.471. The van der Waals surface area contributed by atoms with E-state index in [0.717, 1.165) is 43.0 Å². The first-order valence-electron chi connectivity index (χ1n) is 7.73. The van der Waals surface area contributed by atoms with Crippen molar-refractivity contribution in [2.75, 3.05) is 26.0 Å². The van der Waals surface area contributed by atoms with Crippen LogP contribution < -0.4 is 5.32 Å². The molecule has 2 aliphatic heterocycles. The van der Waals surface area contributed by atoms with E-state index in [-0.39, 0.29) is 5.41 Å². The summed E-state index contributed by atoms with van der Waals surface area (Å²) in [5, 5.41) is 3.52. The van der Waals surface area contributed by atoms with Gasteiger partial charge in [0.25, 0.3) is 0 Å². The van der Waals surface area contributed by atoms with Crippen LogP contribution in [0.15, 0.2) is 35.7 Å². The average molecular weight is 300 g/mol. The molecule has 5 nitrogen and oxygen atoms in total. The molecule has 0 amide bonds. The van der Waals surface area contributed by atoms with E-state index in [1.54, 1.807) is 0 Å². The number of nitrogens with zero attached hydrogens (tertiary/aromatic N) is 1. The maximum Gasteiger partial charge on any atom is 0.513 e. The zero-order valence-electron chi connectivity index (χ0n) is 12.9. The van der Waals surface area contributed by atoms with Crippen LogP contribution in [0.4, 0.5) is 10.5 Å². The summed E-state index contributed by atoms with van der Waals surface area (Å²) in [4.78, 5) is 14.0. The highest BCUT2D eigenvalue weighted by Crippen LogP contribution is 2.57. The van der Waals surface area contributed by atoms with Gasteiger partial charge in [-0.1, -0.05) is 18.2 Å². The minimum Gasteiger partial charge on any atom is -0.437 e. The number of para-hydroxylation sites is 1. The van der Waals surface area contributed by atoms with Gasteiger partial charge >= 0.3 is 6.16 Å². The van der Waals surface area contributed by atoms with Crippen LogP contribution in [0.5, 0.6) is 0 Å². The van der Waals surface area contributed by atoms with E-state index in [1.807, 2.05) is 6.07 Å². The van der Waals surface area contributed by atoms with E-state index in [4.69, 9.17) is 4.74 Å². The van der Waals surface area contributed by atoms with Crippen molar-refractivity contribution in [2.24, 2.45) is 0 Å². The first kappa shape index (κ1) is 13.6. The van der Waals surface area contributed by atoms with Crippen molar-refractivity contribution in [1.82, 2.24) is 4.90 Å². The normalized spacial score (nSPS) is 29.5. The second-order valence-corrected chi connectivity index (χ2v) is 6.28. The Morgan fingerprint density at radius 1 is 1.41 bits per heavy atom. The van der Waals surface area contributed by atoms with Crippen LogP contribution in [0.1, 0.15) is 24.8 Å². The largest absolute Gasteiger partial charge is 0.513 e. The molecular formula is C17H20N2O3. The third kappa shape index (κ3) is 1.66. The highest BCUT2D eigenvalue weighted by atomic mass is 16.7. The smallest absolute Gasteiger partial charge is 0.437 e. The number of rotatable bonds is 1. The van der Waals surface area contributed by atoms with Crippen LogP contribution in [-0.2, 0) is 14.9 Å². The molecule has 2 atom stereocenters. The summed E-state index contributed by atoms with van der Waals surface area (Å²) in [6.45, 7) is 1.05. The van der Waals surface area contributed by atoms with Crippen molar-refractivity contribution in [3.05, 3.63) is 41.3 Å². The maximum atomic E-state index is 11.6. The molecule has 116 valence electrons. The van der Waals surface area contributed by atoms with Gasteiger partial charge in [-0.2, -0.15) is 0 Å². The van der Waals surface area contributed by atoms with Crippen LogP contribution in [-0.4, -0.2) is 37.8 Å². The Hall–Kier alpha value is -2.01. The molecule has 0 radical (unpaired) electrons. The number of likely N-dealkylation sites (N-methyl/N-ethyl adjacent to an activating group) is 1. The molecule has 3 aliphatic rings. The molecule has 4 rings (SSSR count). The molecule has 5 heteroatoms. The number of nitrogens with one attached hydrogen (secondary N) is 1. The van der Waals surface area contributed by atoms with Gasteiger partial charge in [-0.25, -0.2) is 4.79 Å². The molecule has 1 spiro atoms. The minimum atomic E-state index is -0.639. The number of fused-ring (bicyclic) bond motifs is 1. The second-order valence-electron chi connectivity index (χ2n) is 6.28. The number of hydrogen-bond donors (Lipinski definition) is 1. The first-order valence-corrected chi connectivity index (χ1v) is 7.73. The fourth-order valence-electron chi connectivity index (χ4n) is 4.44. The predicted molar refractivity (Wildman–Crippen MR) is 82.5 cm³/mol. The Bertz CT molecular complexity index is 670. The van der Waals surface area contributed by atoms with Crippen LogP contribution in [0.3, 0.4) is 0 Å². The number of likely N-dealkylation sites (tertiary alicyclic amines) is 1. The lowest BCUT2D eigenvalue weighted by Crippen LogP contribution is -2.44. The number of carbonyl (C=O) groups is 1. The van der Waals surface area contributed by atoms with Crippen molar-refractivity contribution in [2.45, 2.75) is 30.7 Å². The number of anilines is 1. The molecule has 1 fully saturated rings. The summed E-state index contributed by atoms with van der Waals surface area (Å²) in [6, 6.07) is 8.87. The van der Waals surface area contributed by atoms with Gasteiger partial charge in [0.05, 0.1) is 18.2 Å². The minimum absolute atomic E-state index is 0.0764. The summed E-state index contributed by atoms with van der Waals surface area (Å²) in [5.74, 6) is 0.731. The van der Waals surface area contributed by atoms with Gasteiger partial charge < -0.3 is 19.7 Å². The van der Waals surface area contributed by atoms with Gasteiger partial charge in [-0.15, -0.1) is 0 Å². The van der Waals surface area contributed by atoms with Gasteiger partial charge in [0.2, 0.25) is 0 Å². The highest BCUT2D eigenvalue weighted by molar-refractivity contribution is 5.72. The molecule has 1 aromatic carbocycles. The van der Waals surface area contributed by atoms with E-state index in [0.29, 0.717) is 6.04 Å². The zero-order valence-corrected chi connectivity index (χ0v) is 12.9. The Balaban J connectivity index is 1.87. The number of hydrogen-bond acceptors (Lipinski definition) is 5. The van der Waals surface area contributed by atoms with Gasteiger partial charge in [-0.05, 0) is 38.1 Å². The van der Waals surface area contributed by atoms with Crippen LogP contribution >= 0.6 is 0 Å². The van der Waals surface area contributed by atoms with Crippen molar-refractivity contribution in [1.29, 1.82) is 0 Å². The SMILES string of the molecule is COC(=O)OC1=C2Nc3ccccc3C23CCN(C)C3CC1. The molecule has 0 bridgehead atoms. The van der Waals surface area contributed by atoms with E-state index in [9.17, 15) is 4.79 Å². The van der Waals surface area contributed by atoms with Crippen molar-refractivity contribution < 1.29 is 14.3 Å². The Kier molecular flexibility index (Phi) is 2.94. The van der Waals surface area contributed by atoms with Crippen molar-refractivity contribution in [3.8, 4) is 0 Å². The monoisotopic (exact) mass is 300 g/mol. The van der Waals surface area contributed by atoms with E-state index < -0.39 is 6.16 Å². The Morgan fingerprint density at radius 2 is 2.23 bits per heavy atom. The lowest BCUT2D eigenvalue weighted by Gasteiger charge is -2.39. The standard InChI is InChI=1S/C17H20N2O3/c1-19-10-9-17-11-5-3-4-6-12(11)18-15(17)13(7-8-14(17)19)22-16(20)21-2/h3-6,14,18H,7-10H2,1-2H3. The lowest BCUT2D eigenvalue weighted by atomic mass is 9.69. The van der Waals surface area contributed by atoms with Crippen LogP contribution in [0.2, 0.25) is 0 Å². The van der Waals surface area contributed by atoms with E-state index in [2.05, 4.69) is 40.2 Å². The highest BCUT2D eigenvalue weighted by Gasteiger charge is 2.57. The summed E-state index contributed by atoms with van der Waals surface area (Å²) < 4.78 is 10.1. The quantitative estimate of drug-likeness (QED) is 0.808. The van der Waals surface area contributed by atoms with E-state index in [1.165, 1.54) is 12.7 Å². The molecule has 1 aliphatic carbocycles. The predicted octanol–water partition coefficient (Wildman–Crippen LogP) is 2.84. The molecule has 1 N–H and O–H groups in total. The van der Waals surface area contributed by atoms with Gasteiger partial charge in [0, 0.05) is 18.2 Å². The third-order valence-corrected chi connectivity index (χ3v) is 5.37. The molecule has 2 unspecified atom stereocenters. The van der Waals surface area contributed by atoms with Crippen LogP contribution in [0, 0.1) is 0 Å². The summed E-state index contributed by atoms with van der Waals surface area (Å²) in [7, 11) is 3.53. The molecule has 0 saturated carbocycles. The summed E-state index contributed by atoms with van der Waals surface area (Å²) >= 11 is 0. The number of methoxy groups -OCH3 is 1. The van der Waals surface area contributed by atoms with Gasteiger partial charge in [-0.3, -0.25) is 0 Å². The third-order valence-electron chi connectivity index (χ3n) is 5.37. The first-order chi connectivity index (χ1) is 10.7. The van der Waals surface area contributed by atoms with E-state index >= 15 is 0 Å². The zero-order chi connectivity index (χ0) is 15.3. The van der Waals surface area contributed by atoms with Gasteiger partial charge in [0.15, 0.2) is 0 Å². The number of carbonyl (C=O) groups excluding carboxylic acids is 1. The van der Waals surface area contributed by atoms with Gasteiger partial charge in [0.1, 0.15) is 5.76 Å². The maximum absolute atomic E-state index is 11.6. The van der Waals surface area contributed by atoms with Crippen LogP contribution in [0.25, 0.3) is 0 Å². The number of benzene rings is 1. The average Bonchev–Trinajstić information content (AvgIpc) is 3.06. The fourth-order valence-corrected chi connectivity index (χ4v) is 4.44. The van der Waals surface area contributed by atoms with Crippen molar-refractivity contribution >= 4 is 11.8 Å². The molecular weight excluding hydrogens is 280 g/mol. The molecule has 1 aromatic rings. The van der Waals surface area contributed by atoms with Crippen molar-refractivity contribution in [3.63, 3.8) is 0 Å². The lowest BCUT2D eigenvalue weighted by molar-refractivity contribution is 0.0880. The molecule has 22 heavy (non-hydrogen) atoms. The number of allylic oxidation sites excluding steroid dienone is 1. The Labute approximate surface area is 129 Å². The summed E-state index contributed by atoms with van der Waals surface area (Å²) in [5.41, 5.74) is 3.43. The Morgan fingerprint density at radius 3 is 3.05 bits per heavy atom. The number of ether oxygens (including phenoxy) is 2. The second kappa shape index (κ2) is 4.74. The summed E-state index contributed by atoms with van der Waals surface area (Å²) in [6.07, 6.45) is 2.15.